The number of hydrogen-bond acceptors (Lipinski definition) is 8. The van der Waals surface area contributed by atoms with Crippen molar-refractivity contribution in [3.8, 4) is 0 Å². The summed E-state index contributed by atoms with van der Waals surface area (Å²) in [6.45, 7) is 20.0. The Morgan fingerprint density at radius 2 is 1.69 bits per heavy atom. The third-order valence-electron chi connectivity index (χ3n) is 16.4. The first kappa shape index (κ1) is 41.5. The summed E-state index contributed by atoms with van der Waals surface area (Å²) in [6.07, 6.45) is 8.07. The maximum absolute atomic E-state index is 14.2. The van der Waals surface area contributed by atoms with Crippen molar-refractivity contribution in [2.45, 2.75) is 145 Å². The molecule has 4 saturated carbocycles. The van der Waals surface area contributed by atoms with Crippen molar-refractivity contribution < 1.29 is 34.1 Å². The average Bonchev–Trinajstić information content (AvgIpc) is 3.39. The summed E-state index contributed by atoms with van der Waals surface area (Å²) in [5.74, 6) is -0.800. The van der Waals surface area contributed by atoms with Gasteiger partial charge in [0.25, 0.3) is 0 Å². The second-order valence-corrected chi connectivity index (χ2v) is 20.5. The number of primary amides is 1. The van der Waals surface area contributed by atoms with Crippen LogP contribution in [0.2, 0.25) is 0 Å². The van der Waals surface area contributed by atoms with E-state index in [9.17, 15) is 29.4 Å². The number of allylic oxidation sites excluding steroid dienone is 1. The number of carbonyl (C=O) groups is 4. The van der Waals surface area contributed by atoms with E-state index in [-0.39, 0.29) is 64.9 Å². The molecular formula is C45H67N3O7. The second-order valence-electron chi connectivity index (χ2n) is 20.5. The number of carbonyl (C=O) groups excluding carboxylic acids is 3. The first-order chi connectivity index (χ1) is 25.5. The minimum atomic E-state index is -1.18. The highest BCUT2D eigenvalue weighted by atomic mass is 16.5. The normalized spacial score (nSPS) is 36.1. The third-order valence-corrected chi connectivity index (χ3v) is 16.4. The lowest BCUT2D eigenvalue weighted by Crippen LogP contribution is -2.66. The fraction of sp³-hybridized carbons (Fsp3) is 0.756. The SMILES string of the molecule is CC(C)C1=C2[C@H]3CCC4[C@@]5(C)CC[C@H](OC(=O)CC(C)(C)C(=O)O)C(C)(C)[C@@H]5CC[C@@]4(C)[C@]3(C)CC[C@@]2([C@@H](O)CN(CC(N)=O)Cc2ccccn2)CC1=O. The largest absolute Gasteiger partial charge is 0.481 e. The number of aliphatic hydroxyl groups excluding tert-OH is 1. The molecule has 0 radical (unpaired) electrons. The molecule has 6 rings (SSSR count). The van der Waals surface area contributed by atoms with E-state index in [4.69, 9.17) is 10.5 Å². The van der Waals surface area contributed by atoms with E-state index in [1.54, 1.807) is 20.0 Å². The summed E-state index contributed by atoms with van der Waals surface area (Å²) in [5.41, 5.74) is 6.37. The van der Waals surface area contributed by atoms with E-state index in [0.29, 0.717) is 31.2 Å². The minimum absolute atomic E-state index is 0.00881. The predicted molar refractivity (Wildman–Crippen MR) is 210 cm³/mol. The van der Waals surface area contributed by atoms with E-state index in [2.05, 4.69) is 53.5 Å². The van der Waals surface area contributed by atoms with Crippen molar-refractivity contribution in [1.29, 1.82) is 0 Å². The maximum Gasteiger partial charge on any atom is 0.309 e. The van der Waals surface area contributed by atoms with Gasteiger partial charge in [0, 0.05) is 36.5 Å². The molecule has 0 aliphatic heterocycles. The van der Waals surface area contributed by atoms with Gasteiger partial charge in [-0.15, -0.1) is 0 Å². The van der Waals surface area contributed by atoms with Gasteiger partial charge in [0.2, 0.25) is 5.91 Å². The number of Topliss-reactive ketones (excluding diaryl/α,β-unsaturated/α-hetero) is 1. The van der Waals surface area contributed by atoms with Crippen LogP contribution in [0.1, 0.15) is 132 Å². The number of ether oxygens (including phenoxy) is 1. The standard InChI is InChI=1S/C45H67N3O7/c1-27(2)37-30(49)22-45(33(50)25-48(26-35(46)51)24-28-12-10-11-21-47-28)20-19-43(8)29(38(37)45)13-14-32-42(7)17-16-34(55-36(52)23-40(3,4)39(53)54)41(5,6)31(42)15-18-44(32,43)9/h10-12,21,27,29,31-34,50H,13-20,22-26H2,1-9H3,(H2,46,51)(H,53,54)/t29-,31+,32?,33+,34+,42+,43-,44-,45+/m1/s1. The van der Waals surface area contributed by atoms with Crippen molar-refractivity contribution in [2.24, 2.45) is 61.9 Å². The summed E-state index contributed by atoms with van der Waals surface area (Å²) in [4.78, 5) is 57.7. The lowest BCUT2D eigenvalue weighted by molar-refractivity contribution is -0.235. The van der Waals surface area contributed by atoms with Crippen LogP contribution in [0.15, 0.2) is 35.5 Å². The number of aliphatic hydroxyl groups is 1. The Labute approximate surface area is 328 Å². The van der Waals surface area contributed by atoms with Gasteiger partial charge >= 0.3 is 11.9 Å². The Bertz CT molecular complexity index is 1720. The van der Waals surface area contributed by atoms with Gasteiger partial charge in [-0.2, -0.15) is 0 Å². The molecule has 1 unspecified atom stereocenters. The van der Waals surface area contributed by atoms with E-state index >= 15 is 0 Å². The molecule has 10 nitrogen and oxygen atoms in total. The molecule has 304 valence electrons. The number of amides is 1. The number of fused-ring (bicyclic) bond motifs is 7. The number of pyridine rings is 1. The first-order valence-corrected chi connectivity index (χ1v) is 20.8. The van der Waals surface area contributed by atoms with Crippen LogP contribution in [0.4, 0.5) is 0 Å². The second kappa shape index (κ2) is 14.4. The average molecular weight is 762 g/mol. The van der Waals surface area contributed by atoms with Gasteiger partial charge < -0.3 is 20.7 Å². The molecule has 5 aliphatic rings. The van der Waals surface area contributed by atoms with Gasteiger partial charge in [-0.1, -0.05) is 60.1 Å². The Morgan fingerprint density at radius 3 is 2.31 bits per heavy atom. The van der Waals surface area contributed by atoms with Crippen molar-refractivity contribution in [1.82, 2.24) is 9.88 Å². The van der Waals surface area contributed by atoms with Crippen molar-refractivity contribution in [2.75, 3.05) is 13.1 Å². The van der Waals surface area contributed by atoms with Gasteiger partial charge in [0.15, 0.2) is 5.78 Å². The van der Waals surface area contributed by atoms with Crippen LogP contribution >= 0.6 is 0 Å². The number of nitrogens with zero attached hydrogens (tertiary/aromatic N) is 2. The molecule has 0 bridgehead atoms. The molecule has 4 N–H and O–H groups in total. The van der Waals surface area contributed by atoms with E-state index in [0.717, 1.165) is 56.2 Å². The molecule has 1 heterocycles. The zero-order valence-corrected chi connectivity index (χ0v) is 34.9. The number of aliphatic carboxylic acids is 1. The Hall–Kier alpha value is -3.11. The number of carboxylic acids is 1. The topological polar surface area (TPSA) is 160 Å². The number of rotatable bonds is 12. The lowest BCUT2D eigenvalue weighted by Gasteiger charge is -2.72. The molecule has 5 aliphatic carbocycles. The van der Waals surface area contributed by atoms with E-state index < -0.39 is 34.8 Å². The van der Waals surface area contributed by atoms with Gasteiger partial charge in [0.1, 0.15) is 6.10 Å². The van der Waals surface area contributed by atoms with Crippen LogP contribution in [0.3, 0.4) is 0 Å². The molecule has 1 aromatic heterocycles. The molecule has 0 spiro atoms. The molecule has 9 atom stereocenters. The zero-order valence-electron chi connectivity index (χ0n) is 34.9. The number of ketones is 1. The van der Waals surface area contributed by atoms with Gasteiger partial charge in [-0.25, -0.2) is 0 Å². The highest BCUT2D eigenvalue weighted by Crippen LogP contribution is 2.77. The number of aromatic nitrogens is 1. The Kier molecular flexibility index (Phi) is 10.8. The summed E-state index contributed by atoms with van der Waals surface area (Å²) in [6, 6.07) is 5.66. The number of hydrogen-bond donors (Lipinski definition) is 3. The van der Waals surface area contributed by atoms with Crippen LogP contribution in [-0.4, -0.2) is 69.0 Å². The molecule has 1 amide bonds. The summed E-state index contributed by atoms with van der Waals surface area (Å²) >= 11 is 0. The molecule has 0 aromatic carbocycles. The fourth-order valence-electron chi connectivity index (χ4n) is 13.5. The lowest BCUT2D eigenvalue weighted by atomic mass is 9.33. The summed E-state index contributed by atoms with van der Waals surface area (Å²) in [5, 5.41) is 22.1. The van der Waals surface area contributed by atoms with Gasteiger partial charge in [-0.05, 0) is 123 Å². The highest BCUT2D eigenvalue weighted by molar-refractivity contribution is 6.00. The zero-order chi connectivity index (χ0) is 40.5. The van der Waals surface area contributed by atoms with Crippen LogP contribution in [0, 0.1) is 56.2 Å². The van der Waals surface area contributed by atoms with Crippen LogP contribution in [-0.2, 0) is 30.5 Å². The Balaban J connectivity index is 1.29. The van der Waals surface area contributed by atoms with Crippen molar-refractivity contribution in [3.63, 3.8) is 0 Å². The molecule has 1 aromatic rings. The quantitative estimate of drug-likeness (QED) is 0.189. The molecular weight excluding hydrogens is 695 g/mol. The monoisotopic (exact) mass is 761 g/mol. The van der Waals surface area contributed by atoms with Crippen LogP contribution in [0.5, 0.6) is 0 Å². The predicted octanol–water partition coefficient (Wildman–Crippen LogP) is 7.12. The van der Waals surface area contributed by atoms with Crippen molar-refractivity contribution in [3.05, 3.63) is 41.2 Å². The van der Waals surface area contributed by atoms with Crippen LogP contribution in [0.25, 0.3) is 0 Å². The first-order valence-electron chi connectivity index (χ1n) is 20.8. The molecule has 55 heavy (non-hydrogen) atoms. The fourth-order valence-corrected chi connectivity index (χ4v) is 13.5. The minimum Gasteiger partial charge on any atom is -0.481 e. The van der Waals surface area contributed by atoms with Crippen molar-refractivity contribution >= 4 is 23.6 Å². The van der Waals surface area contributed by atoms with E-state index in [1.807, 2.05) is 23.1 Å². The van der Waals surface area contributed by atoms with Crippen LogP contribution < -0.4 is 5.73 Å². The number of carboxylic acid groups (broad SMARTS) is 1. The highest BCUT2D eigenvalue weighted by Gasteiger charge is 2.71. The maximum atomic E-state index is 14.2. The number of nitrogens with two attached hydrogens (primary N) is 1. The summed E-state index contributed by atoms with van der Waals surface area (Å²) < 4.78 is 6.16. The summed E-state index contributed by atoms with van der Waals surface area (Å²) in [7, 11) is 0. The molecule has 10 heteroatoms. The van der Waals surface area contributed by atoms with Gasteiger partial charge in [-0.3, -0.25) is 29.1 Å². The molecule has 0 saturated heterocycles. The molecule has 4 fully saturated rings. The van der Waals surface area contributed by atoms with E-state index in [1.165, 1.54) is 5.57 Å². The third kappa shape index (κ3) is 6.79. The smallest absolute Gasteiger partial charge is 0.309 e. The Morgan fingerprint density at radius 1 is 0.982 bits per heavy atom. The van der Waals surface area contributed by atoms with Gasteiger partial charge in [0.05, 0.1) is 30.2 Å². The number of esters is 1.